The molecule has 1 unspecified atom stereocenters. The Morgan fingerprint density at radius 2 is 2.36 bits per heavy atom. The van der Waals surface area contributed by atoms with Crippen LogP contribution in [-0.4, -0.2) is 17.8 Å². The molecule has 1 aromatic carbocycles. The summed E-state index contributed by atoms with van der Waals surface area (Å²) in [6.07, 6.45) is 0. The number of benzene rings is 1. The average molecular weight is 255 g/mol. The smallest absolute Gasteiger partial charge is 0.100 e. The van der Waals surface area contributed by atoms with Crippen molar-refractivity contribution in [2.45, 2.75) is 13.0 Å². The Morgan fingerprint density at radius 3 is 2.86 bits per heavy atom. The Kier molecular flexibility index (Phi) is 3.93. The van der Waals surface area contributed by atoms with Gasteiger partial charge in [-0.2, -0.15) is 5.26 Å². The van der Waals surface area contributed by atoms with Crippen molar-refractivity contribution in [2.24, 2.45) is 0 Å². The number of nitrogens with zero attached hydrogens (tertiary/aromatic N) is 1. The lowest BCUT2D eigenvalue weighted by molar-refractivity contribution is 0.281. The summed E-state index contributed by atoms with van der Waals surface area (Å²) in [6.45, 7) is 1.96. The van der Waals surface area contributed by atoms with Gasteiger partial charge in [-0.15, -0.1) is 0 Å². The maximum absolute atomic E-state index is 8.84. The molecular formula is C10H11BrN2O. The third-order valence-corrected chi connectivity index (χ3v) is 2.43. The van der Waals surface area contributed by atoms with E-state index in [9.17, 15) is 0 Å². The Bertz CT molecular complexity index is 360. The fourth-order valence-corrected chi connectivity index (χ4v) is 1.49. The topological polar surface area (TPSA) is 56.0 Å². The van der Waals surface area contributed by atoms with Crippen LogP contribution in [0.5, 0.6) is 0 Å². The first-order valence-corrected chi connectivity index (χ1v) is 5.03. The van der Waals surface area contributed by atoms with E-state index in [1.54, 1.807) is 6.07 Å². The van der Waals surface area contributed by atoms with E-state index in [2.05, 4.69) is 27.3 Å². The molecule has 2 N–H and O–H groups in total. The number of nitriles is 1. The first kappa shape index (κ1) is 11.0. The summed E-state index contributed by atoms with van der Waals surface area (Å²) >= 11 is 3.29. The standard InChI is InChI=1S/C10H11BrN2O/c1-7(6-14)13-9-3-2-8(5-12)10(11)4-9/h2-4,7,13-14H,6H2,1H3. The summed E-state index contributed by atoms with van der Waals surface area (Å²) < 4.78 is 0.759. The molecule has 0 radical (unpaired) electrons. The van der Waals surface area contributed by atoms with Crippen LogP contribution in [0.3, 0.4) is 0 Å². The molecular weight excluding hydrogens is 244 g/mol. The summed E-state index contributed by atoms with van der Waals surface area (Å²) in [7, 11) is 0. The van der Waals surface area contributed by atoms with Gasteiger partial charge >= 0.3 is 0 Å². The number of nitrogens with one attached hydrogen (secondary N) is 1. The molecule has 0 bridgehead atoms. The van der Waals surface area contributed by atoms with E-state index < -0.39 is 0 Å². The molecule has 0 aliphatic carbocycles. The highest BCUT2D eigenvalue weighted by atomic mass is 79.9. The maximum atomic E-state index is 8.84. The van der Waals surface area contributed by atoms with Gasteiger partial charge in [-0.1, -0.05) is 0 Å². The van der Waals surface area contributed by atoms with E-state index in [0.717, 1.165) is 10.2 Å². The van der Waals surface area contributed by atoms with Crippen LogP contribution in [0.25, 0.3) is 0 Å². The molecule has 0 heterocycles. The molecule has 0 saturated heterocycles. The Hall–Kier alpha value is -1.05. The lowest BCUT2D eigenvalue weighted by Gasteiger charge is -2.12. The molecule has 74 valence electrons. The van der Waals surface area contributed by atoms with Gasteiger partial charge in [0.1, 0.15) is 6.07 Å². The molecule has 0 aliphatic rings. The largest absolute Gasteiger partial charge is 0.394 e. The van der Waals surface area contributed by atoms with E-state index in [1.165, 1.54) is 0 Å². The molecule has 1 atom stereocenters. The third-order valence-electron chi connectivity index (χ3n) is 1.78. The van der Waals surface area contributed by atoms with Crippen LogP contribution in [0.4, 0.5) is 5.69 Å². The normalized spacial score (nSPS) is 11.9. The van der Waals surface area contributed by atoms with Gasteiger partial charge in [-0.25, -0.2) is 0 Å². The third kappa shape index (κ3) is 2.72. The van der Waals surface area contributed by atoms with Gasteiger partial charge in [0, 0.05) is 16.2 Å². The molecule has 0 amide bonds. The number of aliphatic hydroxyl groups is 1. The summed E-state index contributed by atoms with van der Waals surface area (Å²) in [5.74, 6) is 0. The number of hydrogen-bond acceptors (Lipinski definition) is 3. The number of aliphatic hydroxyl groups excluding tert-OH is 1. The van der Waals surface area contributed by atoms with Crippen LogP contribution < -0.4 is 5.32 Å². The van der Waals surface area contributed by atoms with Crippen LogP contribution in [0.2, 0.25) is 0 Å². The molecule has 3 nitrogen and oxygen atoms in total. The van der Waals surface area contributed by atoms with E-state index in [1.807, 2.05) is 19.1 Å². The minimum absolute atomic E-state index is 0.00911. The lowest BCUT2D eigenvalue weighted by atomic mass is 10.2. The fourth-order valence-electron chi connectivity index (χ4n) is 1.03. The van der Waals surface area contributed by atoms with Gasteiger partial charge in [0.15, 0.2) is 0 Å². The number of anilines is 1. The molecule has 0 aromatic heterocycles. The second kappa shape index (κ2) is 4.99. The van der Waals surface area contributed by atoms with Crippen LogP contribution in [0.15, 0.2) is 22.7 Å². The van der Waals surface area contributed by atoms with E-state index in [0.29, 0.717) is 5.56 Å². The van der Waals surface area contributed by atoms with Crippen LogP contribution in [-0.2, 0) is 0 Å². The average Bonchev–Trinajstić information content (AvgIpc) is 2.18. The molecule has 14 heavy (non-hydrogen) atoms. The monoisotopic (exact) mass is 254 g/mol. The molecule has 0 spiro atoms. The second-order valence-electron chi connectivity index (χ2n) is 3.03. The van der Waals surface area contributed by atoms with Crippen LogP contribution in [0.1, 0.15) is 12.5 Å². The fraction of sp³-hybridized carbons (Fsp3) is 0.300. The zero-order valence-electron chi connectivity index (χ0n) is 7.79. The van der Waals surface area contributed by atoms with Crippen LogP contribution in [0, 0.1) is 11.3 Å². The van der Waals surface area contributed by atoms with Crippen molar-refractivity contribution in [1.29, 1.82) is 5.26 Å². The summed E-state index contributed by atoms with van der Waals surface area (Å²) in [5.41, 5.74) is 1.49. The molecule has 0 fully saturated rings. The number of halogens is 1. The highest BCUT2D eigenvalue weighted by Gasteiger charge is 2.02. The summed E-state index contributed by atoms with van der Waals surface area (Å²) in [6, 6.07) is 7.45. The predicted octanol–water partition coefficient (Wildman–Crippen LogP) is 2.11. The first-order chi connectivity index (χ1) is 6.67. The first-order valence-electron chi connectivity index (χ1n) is 4.24. The Balaban J connectivity index is 2.82. The van der Waals surface area contributed by atoms with Gasteiger partial charge < -0.3 is 10.4 Å². The SMILES string of the molecule is CC(CO)Nc1ccc(C#N)c(Br)c1. The maximum Gasteiger partial charge on any atom is 0.100 e. The van der Waals surface area contributed by atoms with Gasteiger partial charge in [0.05, 0.1) is 12.2 Å². The molecule has 0 saturated carbocycles. The quantitative estimate of drug-likeness (QED) is 0.869. The molecule has 0 aliphatic heterocycles. The number of rotatable bonds is 3. The van der Waals surface area contributed by atoms with Crippen molar-refractivity contribution in [1.82, 2.24) is 0 Å². The van der Waals surface area contributed by atoms with Crippen molar-refractivity contribution in [3.63, 3.8) is 0 Å². The lowest BCUT2D eigenvalue weighted by Crippen LogP contribution is -2.19. The minimum atomic E-state index is 0.00911. The highest BCUT2D eigenvalue weighted by Crippen LogP contribution is 2.21. The minimum Gasteiger partial charge on any atom is -0.394 e. The van der Waals surface area contributed by atoms with E-state index >= 15 is 0 Å². The summed E-state index contributed by atoms with van der Waals surface area (Å²) in [4.78, 5) is 0. The van der Waals surface area contributed by atoms with Crippen molar-refractivity contribution in [3.05, 3.63) is 28.2 Å². The van der Waals surface area contributed by atoms with Crippen molar-refractivity contribution >= 4 is 21.6 Å². The molecule has 1 aromatic rings. The number of hydrogen-bond donors (Lipinski definition) is 2. The van der Waals surface area contributed by atoms with Gasteiger partial charge in [0.25, 0.3) is 0 Å². The van der Waals surface area contributed by atoms with Crippen molar-refractivity contribution < 1.29 is 5.11 Å². The highest BCUT2D eigenvalue weighted by molar-refractivity contribution is 9.10. The van der Waals surface area contributed by atoms with E-state index in [4.69, 9.17) is 10.4 Å². The van der Waals surface area contributed by atoms with Crippen molar-refractivity contribution in [2.75, 3.05) is 11.9 Å². The van der Waals surface area contributed by atoms with Gasteiger partial charge in [-0.3, -0.25) is 0 Å². The van der Waals surface area contributed by atoms with Crippen molar-refractivity contribution in [3.8, 4) is 6.07 Å². The second-order valence-corrected chi connectivity index (χ2v) is 3.89. The zero-order valence-corrected chi connectivity index (χ0v) is 9.37. The summed E-state index contributed by atoms with van der Waals surface area (Å²) in [5, 5.41) is 20.6. The van der Waals surface area contributed by atoms with Crippen LogP contribution >= 0.6 is 15.9 Å². The molecule has 1 rings (SSSR count). The zero-order chi connectivity index (χ0) is 10.6. The van der Waals surface area contributed by atoms with E-state index in [-0.39, 0.29) is 12.6 Å². The Morgan fingerprint density at radius 1 is 1.64 bits per heavy atom. The van der Waals surface area contributed by atoms with Gasteiger partial charge in [-0.05, 0) is 41.1 Å². The van der Waals surface area contributed by atoms with Gasteiger partial charge in [0.2, 0.25) is 0 Å². The Labute approximate surface area is 91.5 Å². The molecule has 4 heteroatoms. The predicted molar refractivity (Wildman–Crippen MR) is 59.0 cm³/mol.